The highest BCUT2D eigenvalue weighted by Crippen LogP contribution is 2.37. The van der Waals surface area contributed by atoms with Gasteiger partial charge in [0.15, 0.2) is 0 Å². The number of carbonyl (C=O) groups excluding carboxylic acids is 2. The molecule has 1 saturated heterocycles. The van der Waals surface area contributed by atoms with Gasteiger partial charge in [0.1, 0.15) is 11.5 Å². The lowest BCUT2D eigenvalue weighted by atomic mass is 10.0. The van der Waals surface area contributed by atoms with Crippen LogP contribution in [0.1, 0.15) is 24.8 Å². The van der Waals surface area contributed by atoms with Gasteiger partial charge in [-0.05, 0) is 55.2 Å². The number of likely N-dealkylation sites (tertiary alicyclic amines) is 1. The number of amides is 2. The van der Waals surface area contributed by atoms with Gasteiger partial charge in [0.05, 0.1) is 11.3 Å². The number of carbonyl (C=O) groups is 2. The van der Waals surface area contributed by atoms with E-state index in [0.717, 1.165) is 24.2 Å². The summed E-state index contributed by atoms with van der Waals surface area (Å²) in [4.78, 5) is 29.7. The molecule has 2 heterocycles. The standard InChI is InChI=1S/C21H17Cl2FN2O2/c22-14-10-15(23)12-17(11-14)26-20(27)18(13-4-6-16(24)7-5-13)19(21(26)28)25-8-2-1-3-9-25/h4-7,10-12H,1-3,8-9H2. The molecule has 2 aromatic rings. The van der Waals surface area contributed by atoms with Crippen molar-refractivity contribution in [3.05, 3.63) is 69.6 Å². The summed E-state index contributed by atoms with van der Waals surface area (Å²) < 4.78 is 13.4. The monoisotopic (exact) mass is 418 g/mol. The Kier molecular flexibility index (Phi) is 5.13. The summed E-state index contributed by atoms with van der Waals surface area (Å²) in [6.45, 7) is 1.40. The predicted molar refractivity (Wildman–Crippen MR) is 108 cm³/mol. The average Bonchev–Trinajstić information content (AvgIpc) is 2.93. The van der Waals surface area contributed by atoms with Crippen molar-refractivity contribution >= 4 is 46.3 Å². The van der Waals surface area contributed by atoms with E-state index in [1.54, 1.807) is 0 Å². The molecule has 7 heteroatoms. The molecule has 2 aromatic carbocycles. The molecule has 2 amide bonds. The number of imide groups is 1. The smallest absolute Gasteiger partial charge is 0.282 e. The highest BCUT2D eigenvalue weighted by molar-refractivity contribution is 6.46. The summed E-state index contributed by atoms with van der Waals surface area (Å²) in [6, 6.07) is 10.2. The van der Waals surface area contributed by atoms with Gasteiger partial charge < -0.3 is 4.90 Å². The summed E-state index contributed by atoms with van der Waals surface area (Å²) in [6.07, 6.45) is 2.99. The number of hydrogen-bond acceptors (Lipinski definition) is 3. The minimum absolute atomic E-state index is 0.281. The lowest BCUT2D eigenvalue weighted by molar-refractivity contribution is -0.120. The molecular formula is C21H17Cl2FN2O2. The maximum Gasteiger partial charge on any atom is 0.282 e. The fraction of sp³-hybridized carbons (Fsp3) is 0.238. The van der Waals surface area contributed by atoms with E-state index in [9.17, 15) is 14.0 Å². The molecule has 0 atom stereocenters. The van der Waals surface area contributed by atoms with Crippen LogP contribution in [0.4, 0.5) is 10.1 Å². The molecule has 0 unspecified atom stereocenters. The van der Waals surface area contributed by atoms with E-state index in [0.29, 0.717) is 40.1 Å². The van der Waals surface area contributed by atoms with Crippen molar-refractivity contribution in [3.8, 4) is 0 Å². The van der Waals surface area contributed by atoms with Crippen LogP contribution in [0.3, 0.4) is 0 Å². The minimum atomic E-state index is -0.462. The Morgan fingerprint density at radius 2 is 1.43 bits per heavy atom. The first-order valence-electron chi connectivity index (χ1n) is 9.06. The first kappa shape index (κ1) is 19.0. The first-order chi connectivity index (χ1) is 13.5. The van der Waals surface area contributed by atoms with Gasteiger partial charge in [0.25, 0.3) is 11.8 Å². The molecule has 2 aliphatic rings. The summed E-state index contributed by atoms with van der Waals surface area (Å²) >= 11 is 12.2. The van der Waals surface area contributed by atoms with E-state index in [2.05, 4.69) is 0 Å². The van der Waals surface area contributed by atoms with Crippen molar-refractivity contribution in [2.75, 3.05) is 18.0 Å². The number of anilines is 1. The Hall–Kier alpha value is -2.37. The van der Waals surface area contributed by atoms with Crippen molar-refractivity contribution in [3.63, 3.8) is 0 Å². The fourth-order valence-electron chi connectivity index (χ4n) is 3.71. The van der Waals surface area contributed by atoms with Crippen LogP contribution < -0.4 is 4.90 Å². The lowest BCUT2D eigenvalue weighted by Crippen LogP contribution is -2.37. The Balaban J connectivity index is 1.84. The number of rotatable bonds is 3. The third kappa shape index (κ3) is 3.40. The van der Waals surface area contributed by atoms with Crippen LogP contribution in [-0.4, -0.2) is 29.8 Å². The van der Waals surface area contributed by atoms with Crippen molar-refractivity contribution in [1.82, 2.24) is 4.90 Å². The van der Waals surface area contributed by atoms with E-state index in [1.165, 1.54) is 42.5 Å². The number of nitrogens with zero attached hydrogens (tertiary/aromatic N) is 2. The molecular weight excluding hydrogens is 402 g/mol. The van der Waals surface area contributed by atoms with Gasteiger partial charge in [-0.1, -0.05) is 35.3 Å². The molecule has 1 fully saturated rings. The normalized spacial score (nSPS) is 17.7. The van der Waals surface area contributed by atoms with E-state index < -0.39 is 17.6 Å². The van der Waals surface area contributed by atoms with Crippen LogP contribution in [0.15, 0.2) is 48.2 Å². The highest BCUT2D eigenvalue weighted by Gasteiger charge is 2.42. The fourth-order valence-corrected chi connectivity index (χ4v) is 4.22. The molecule has 0 spiro atoms. The summed E-state index contributed by atoms with van der Waals surface area (Å²) in [5.41, 5.74) is 1.46. The molecule has 28 heavy (non-hydrogen) atoms. The molecule has 0 saturated carbocycles. The van der Waals surface area contributed by atoms with Gasteiger partial charge in [-0.2, -0.15) is 0 Å². The molecule has 4 nitrogen and oxygen atoms in total. The molecule has 2 aliphatic heterocycles. The zero-order valence-corrected chi connectivity index (χ0v) is 16.4. The zero-order chi connectivity index (χ0) is 19.8. The van der Waals surface area contributed by atoms with Crippen LogP contribution in [0.25, 0.3) is 5.57 Å². The SMILES string of the molecule is O=C1C(c2ccc(F)cc2)=C(N2CCCCC2)C(=O)N1c1cc(Cl)cc(Cl)c1. The molecule has 0 radical (unpaired) electrons. The zero-order valence-electron chi connectivity index (χ0n) is 14.9. The molecule has 144 valence electrons. The van der Waals surface area contributed by atoms with Crippen LogP contribution in [0.5, 0.6) is 0 Å². The highest BCUT2D eigenvalue weighted by atomic mass is 35.5. The second-order valence-electron chi connectivity index (χ2n) is 6.85. The third-order valence-corrected chi connectivity index (χ3v) is 5.41. The Bertz CT molecular complexity index is 962. The van der Waals surface area contributed by atoms with Crippen molar-refractivity contribution in [2.45, 2.75) is 19.3 Å². The maximum absolute atomic E-state index is 13.4. The number of benzene rings is 2. The van der Waals surface area contributed by atoms with Crippen LogP contribution in [0, 0.1) is 5.82 Å². The summed E-state index contributed by atoms with van der Waals surface area (Å²) in [5.74, 6) is -1.28. The van der Waals surface area contributed by atoms with Gasteiger partial charge >= 0.3 is 0 Å². The number of halogens is 3. The van der Waals surface area contributed by atoms with Crippen molar-refractivity contribution in [1.29, 1.82) is 0 Å². The van der Waals surface area contributed by atoms with Crippen molar-refractivity contribution in [2.24, 2.45) is 0 Å². The van der Waals surface area contributed by atoms with E-state index >= 15 is 0 Å². The third-order valence-electron chi connectivity index (χ3n) is 4.97. The molecule has 4 rings (SSSR count). The quantitative estimate of drug-likeness (QED) is 0.665. The van der Waals surface area contributed by atoms with Gasteiger partial charge in [0, 0.05) is 23.1 Å². The van der Waals surface area contributed by atoms with Crippen LogP contribution in [-0.2, 0) is 9.59 Å². The Labute approximate surface area is 172 Å². The first-order valence-corrected chi connectivity index (χ1v) is 9.81. The van der Waals surface area contributed by atoms with Gasteiger partial charge in [-0.3, -0.25) is 9.59 Å². The Morgan fingerprint density at radius 3 is 2.04 bits per heavy atom. The Morgan fingerprint density at radius 1 is 0.821 bits per heavy atom. The van der Waals surface area contributed by atoms with Crippen LogP contribution in [0.2, 0.25) is 10.0 Å². The second-order valence-corrected chi connectivity index (χ2v) is 7.72. The molecule has 0 N–H and O–H groups in total. The average molecular weight is 419 g/mol. The molecule has 0 aliphatic carbocycles. The van der Waals surface area contributed by atoms with E-state index in [4.69, 9.17) is 23.2 Å². The largest absolute Gasteiger partial charge is 0.366 e. The maximum atomic E-state index is 13.4. The topological polar surface area (TPSA) is 40.6 Å². The van der Waals surface area contributed by atoms with E-state index in [1.807, 2.05) is 4.90 Å². The lowest BCUT2D eigenvalue weighted by Gasteiger charge is -2.29. The van der Waals surface area contributed by atoms with Gasteiger partial charge in [-0.15, -0.1) is 0 Å². The summed E-state index contributed by atoms with van der Waals surface area (Å²) in [5, 5.41) is 0.663. The molecule has 0 bridgehead atoms. The predicted octanol–water partition coefficient (Wildman–Crippen LogP) is 4.90. The van der Waals surface area contributed by atoms with Crippen molar-refractivity contribution < 1.29 is 14.0 Å². The minimum Gasteiger partial charge on any atom is -0.366 e. The molecule has 0 aromatic heterocycles. The second kappa shape index (κ2) is 7.57. The van der Waals surface area contributed by atoms with E-state index in [-0.39, 0.29) is 5.57 Å². The number of hydrogen-bond donors (Lipinski definition) is 0. The van der Waals surface area contributed by atoms with Gasteiger partial charge in [-0.25, -0.2) is 9.29 Å². The summed E-state index contributed by atoms with van der Waals surface area (Å²) in [7, 11) is 0. The van der Waals surface area contributed by atoms with Crippen LogP contribution >= 0.6 is 23.2 Å². The number of piperidine rings is 1. The van der Waals surface area contributed by atoms with Gasteiger partial charge in [0.2, 0.25) is 0 Å².